The number of allylic oxidation sites excluding steroid dienone is 2. The van der Waals surface area contributed by atoms with Gasteiger partial charge < -0.3 is 10.6 Å². The highest BCUT2D eigenvalue weighted by Crippen LogP contribution is 2.42. The minimum absolute atomic E-state index is 0.0189. The molecule has 1 aliphatic heterocycles. The first-order chi connectivity index (χ1) is 16.5. The average Bonchev–Trinajstić information content (AvgIpc) is 3.38. The van der Waals surface area contributed by atoms with Crippen LogP contribution in [0.15, 0.2) is 94.0 Å². The second-order valence-electron chi connectivity index (χ2n) is 7.81. The molecule has 2 heterocycles. The average molecular weight is 486 g/mol. The maximum Gasteiger partial charge on any atom is 0.254 e. The molecule has 170 valence electrons. The summed E-state index contributed by atoms with van der Waals surface area (Å²) in [5, 5.41) is 18.9. The van der Waals surface area contributed by atoms with Crippen molar-refractivity contribution in [3.8, 4) is 6.07 Å². The van der Waals surface area contributed by atoms with Gasteiger partial charge in [0.05, 0.1) is 28.3 Å². The summed E-state index contributed by atoms with van der Waals surface area (Å²) in [4.78, 5) is 27.0. The van der Waals surface area contributed by atoms with Crippen molar-refractivity contribution in [2.24, 2.45) is 0 Å². The number of carbonyl (C=O) groups is 2. The van der Waals surface area contributed by atoms with Gasteiger partial charge in [0.2, 0.25) is 0 Å². The third-order valence-electron chi connectivity index (χ3n) is 5.56. The normalized spacial score (nSPS) is 15.5. The lowest BCUT2D eigenvalue weighted by molar-refractivity contribution is -0.113. The Labute approximate surface area is 207 Å². The number of dihydropyridines is 1. The molecule has 1 atom stereocenters. The van der Waals surface area contributed by atoms with E-state index in [1.807, 2.05) is 73.8 Å². The van der Waals surface area contributed by atoms with Gasteiger partial charge in [-0.05, 0) is 36.9 Å². The van der Waals surface area contributed by atoms with Gasteiger partial charge in [-0.3, -0.25) is 9.59 Å². The summed E-state index contributed by atoms with van der Waals surface area (Å²) in [5.74, 6) is -0.596. The number of para-hydroxylation sites is 1. The Morgan fingerprint density at radius 3 is 2.47 bits per heavy atom. The van der Waals surface area contributed by atoms with E-state index in [1.54, 1.807) is 12.1 Å². The number of Topliss-reactive ketones (excluding diaryl/α,β-unsaturated/α-hetero) is 1. The third-order valence-corrected chi connectivity index (χ3v) is 7.51. The first kappa shape index (κ1) is 23.6. The minimum atomic E-state index is -0.510. The molecule has 1 amide bonds. The van der Waals surface area contributed by atoms with Gasteiger partial charge in [-0.1, -0.05) is 66.4 Å². The number of nitrogens with one attached hydrogen (secondary N) is 2. The van der Waals surface area contributed by atoms with Crippen molar-refractivity contribution < 1.29 is 9.59 Å². The summed E-state index contributed by atoms with van der Waals surface area (Å²) in [7, 11) is 0. The molecule has 3 aromatic rings. The predicted molar refractivity (Wildman–Crippen MR) is 139 cm³/mol. The van der Waals surface area contributed by atoms with E-state index in [-0.39, 0.29) is 17.4 Å². The largest absolute Gasteiger partial charge is 0.353 e. The first-order valence-electron chi connectivity index (χ1n) is 10.7. The summed E-state index contributed by atoms with van der Waals surface area (Å²) < 4.78 is 0. The maximum absolute atomic E-state index is 13.5. The van der Waals surface area contributed by atoms with Crippen LogP contribution in [0, 0.1) is 18.3 Å². The number of nitrogens with zero attached hydrogens (tertiary/aromatic N) is 1. The third kappa shape index (κ3) is 4.98. The molecule has 0 aliphatic carbocycles. The molecule has 2 N–H and O–H groups in total. The Morgan fingerprint density at radius 1 is 1.06 bits per heavy atom. The van der Waals surface area contributed by atoms with Gasteiger partial charge in [-0.25, -0.2) is 0 Å². The molecule has 7 heteroatoms. The minimum Gasteiger partial charge on any atom is -0.353 e. The highest BCUT2D eigenvalue weighted by atomic mass is 32.2. The van der Waals surface area contributed by atoms with E-state index in [0.29, 0.717) is 27.4 Å². The van der Waals surface area contributed by atoms with Gasteiger partial charge in [0.25, 0.3) is 5.91 Å². The number of benzene rings is 2. The molecular formula is C27H23N3O2S2. The summed E-state index contributed by atoms with van der Waals surface area (Å²) in [6.07, 6.45) is 0. The highest BCUT2D eigenvalue weighted by molar-refractivity contribution is 8.03. The summed E-state index contributed by atoms with van der Waals surface area (Å²) >= 11 is 2.79. The fourth-order valence-corrected chi connectivity index (χ4v) is 5.64. The topological polar surface area (TPSA) is 82.0 Å². The zero-order valence-electron chi connectivity index (χ0n) is 18.8. The van der Waals surface area contributed by atoms with Gasteiger partial charge in [0.15, 0.2) is 5.78 Å². The van der Waals surface area contributed by atoms with E-state index in [9.17, 15) is 14.9 Å². The Morgan fingerprint density at radius 2 is 1.79 bits per heavy atom. The number of carbonyl (C=O) groups excluding carboxylic acids is 2. The van der Waals surface area contributed by atoms with Crippen molar-refractivity contribution in [3.63, 3.8) is 0 Å². The van der Waals surface area contributed by atoms with E-state index in [2.05, 4.69) is 16.7 Å². The Kier molecular flexibility index (Phi) is 7.31. The second kappa shape index (κ2) is 10.6. The molecule has 0 spiro atoms. The van der Waals surface area contributed by atoms with Gasteiger partial charge >= 0.3 is 0 Å². The van der Waals surface area contributed by atoms with Gasteiger partial charge in [0, 0.05) is 27.4 Å². The number of thiophene rings is 1. The zero-order valence-corrected chi connectivity index (χ0v) is 20.4. The monoisotopic (exact) mass is 485 g/mol. The lowest BCUT2D eigenvalue weighted by Crippen LogP contribution is -2.30. The number of ketones is 1. The van der Waals surface area contributed by atoms with E-state index in [0.717, 1.165) is 16.1 Å². The van der Waals surface area contributed by atoms with E-state index in [1.165, 1.54) is 23.1 Å². The molecule has 4 rings (SSSR count). The zero-order chi connectivity index (χ0) is 24.1. The fourth-order valence-electron chi connectivity index (χ4n) is 3.82. The van der Waals surface area contributed by atoms with Crippen LogP contribution in [0.3, 0.4) is 0 Å². The van der Waals surface area contributed by atoms with Crippen LogP contribution >= 0.6 is 23.1 Å². The SMILES string of the molecule is CC1=C(C(=O)Nc2ccccc2C)[C@@H](c2cccs2)C(C#N)=C(SCC(=O)c2ccccc2)N1. The summed E-state index contributed by atoms with van der Waals surface area (Å²) in [6, 6.07) is 22.8. The lowest BCUT2D eigenvalue weighted by atomic mass is 9.86. The first-order valence-corrected chi connectivity index (χ1v) is 12.6. The molecule has 5 nitrogen and oxygen atoms in total. The summed E-state index contributed by atoms with van der Waals surface area (Å²) in [5.41, 5.74) is 3.92. The molecule has 1 aliphatic rings. The summed E-state index contributed by atoms with van der Waals surface area (Å²) in [6.45, 7) is 3.77. The van der Waals surface area contributed by atoms with Crippen molar-refractivity contribution in [2.45, 2.75) is 19.8 Å². The van der Waals surface area contributed by atoms with Gasteiger partial charge in [0.1, 0.15) is 0 Å². The van der Waals surface area contributed by atoms with Crippen LogP contribution in [0.2, 0.25) is 0 Å². The molecule has 0 bridgehead atoms. The number of hydrogen-bond acceptors (Lipinski definition) is 6. The van der Waals surface area contributed by atoms with Crippen molar-refractivity contribution in [2.75, 3.05) is 11.1 Å². The van der Waals surface area contributed by atoms with Gasteiger partial charge in [-0.15, -0.1) is 11.3 Å². The van der Waals surface area contributed by atoms with E-state index < -0.39 is 5.92 Å². The molecule has 0 unspecified atom stereocenters. The van der Waals surface area contributed by atoms with Crippen LogP contribution in [0.1, 0.15) is 33.6 Å². The number of anilines is 1. The van der Waals surface area contributed by atoms with Crippen LogP contribution in [-0.4, -0.2) is 17.4 Å². The van der Waals surface area contributed by atoms with E-state index >= 15 is 0 Å². The molecule has 0 saturated carbocycles. The Hall–Kier alpha value is -3.60. The predicted octanol–water partition coefficient (Wildman–Crippen LogP) is 6.01. The number of hydrogen-bond donors (Lipinski definition) is 2. The Bertz CT molecular complexity index is 1320. The van der Waals surface area contributed by atoms with Crippen LogP contribution in [0.4, 0.5) is 5.69 Å². The maximum atomic E-state index is 13.5. The molecule has 1 aromatic heterocycles. The van der Waals surface area contributed by atoms with Gasteiger partial charge in [-0.2, -0.15) is 5.26 Å². The number of thioether (sulfide) groups is 1. The van der Waals surface area contributed by atoms with Crippen molar-refractivity contribution in [3.05, 3.63) is 110 Å². The number of aryl methyl sites for hydroxylation is 1. The van der Waals surface area contributed by atoms with Crippen LogP contribution < -0.4 is 10.6 Å². The van der Waals surface area contributed by atoms with Crippen molar-refractivity contribution in [1.29, 1.82) is 5.26 Å². The molecule has 0 saturated heterocycles. The molecule has 0 radical (unpaired) electrons. The smallest absolute Gasteiger partial charge is 0.254 e. The number of amides is 1. The quantitative estimate of drug-likeness (QED) is 0.401. The molecule has 2 aromatic carbocycles. The van der Waals surface area contributed by atoms with E-state index in [4.69, 9.17) is 0 Å². The number of rotatable bonds is 7. The standard InChI is InChI=1S/C27H23N3O2S2/c1-17-9-6-7-12-21(17)30-26(32)24-18(2)29-27(20(15-28)25(24)23-13-8-14-33-23)34-16-22(31)19-10-4-3-5-11-19/h3-14,25,29H,16H2,1-2H3,(H,30,32)/t25-/m1/s1. The van der Waals surface area contributed by atoms with Crippen LogP contribution in [-0.2, 0) is 4.79 Å². The molecular weight excluding hydrogens is 462 g/mol. The number of nitriles is 1. The van der Waals surface area contributed by atoms with Crippen LogP contribution in [0.5, 0.6) is 0 Å². The van der Waals surface area contributed by atoms with Crippen LogP contribution in [0.25, 0.3) is 0 Å². The Balaban J connectivity index is 1.65. The van der Waals surface area contributed by atoms with Crippen molar-refractivity contribution in [1.82, 2.24) is 5.32 Å². The fraction of sp³-hybridized carbons (Fsp3) is 0.148. The molecule has 0 fully saturated rings. The lowest BCUT2D eigenvalue weighted by Gasteiger charge is -2.29. The second-order valence-corrected chi connectivity index (χ2v) is 9.78. The molecule has 34 heavy (non-hydrogen) atoms. The van der Waals surface area contributed by atoms with Crippen molar-refractivity contribution >= 4 is 40.5 Å². The highest BCUT2D eigenvalue weighted by Gasteiger charge is 2.35.